The van der Waals surface area contributed by atoms with Gasteiger partial charge in [0.2, 0.25) is 5.91 Å². The van der Waals surface area contributed by atoms with Gasteiger partial charge in [-0.3, -0.25) is 14.2 Å². The van der Waals surface area contributed by atoms with Crippen molar-refractivity contribution in [3.05, 3.63) is 58.6 Å². The van der Waals surface area contributed by atoms with Crippen molar-refractivity contribution in [2.45, 2.75) is 71.4 Å². The van der Waals surface area contributed by atoms with E-state index in [1.165, 1.54) is 51.7 Å². The number of ether oxygens (including phenoxy) is 1. The lowest BCUT2D eigenvalue weighted by Crippen LogP contribution is -2.36. The molecule has 202 valence electrons. The van der Waals surface area contributed by atoms with E-state index in [1.54, 1.807) is 11.7 Å². The van der Waals surface area contributed by atoms with Gasteiger partial charge in [0, 0.05) is 24.0 Å². The second-order valence-electron chi connectivity index (χ2n) is 10.2. The average molecular weight is 529 g/mol. The third-order valence-corrected chi connectivity index (χ3v) is 6.93. The van der Waals surface area contributed by atoms with Gasteiger partial charge in [0.05, 0.1) is 12.8 Å². The Balaban J connectivity index is 0.00000380. The van der Waals surface area contributed by atoms with Gasteiger partial charge < -0.3 is 19.4 Å². The molecule has 1 amide bonds. The molecule has 1 saturated heterocycles. The van der Waals surface area contributed by atoms with Crippen molar-refractivity contribution in [3.63, 3.8) is 0 Å². The number of methoxy groups -OCH3 is 1. The number of halogens is 1. The zero-order valence-electron chi connectivity index (χ0n) is 22.4. The summed E-state index contributed by atoms with van der Waals surface area (Å²) < 4.78 is 8.89. The Hall–Kier alpha value is -2.77. The van der Waals surface area contributed by atoms with Crippen molar-refractivity contribution >= 4 is 23.8 Å². The molecule has 37 heavy (non-hydrogen) atoms. The van der Waals surface area contributed by atoms with E-state index in [9.17, 15) is 9.59 Å². The molecule has 1 aliphatic rings. The maximum absolute atomic E-state index is 13.6. The van der Waals surface area contributed by atoms with Gasteiger partial charge in [-0.25, -0.2) is 0 Å². The average Bonchev–Trinajstić information content (AvgIpc) is 3.29. The predicted molar refractivity (Wildman–Crippen MR) is 152 cm³/mol. The molecule has 4 rings (SSSR count). The minimum atomic E-state index is -0.180. The van der Waals surface area contributed by atoms with Crippen molar-refractivity contribution in [2.75, 3.05) is 26.7 Å². The minimum Gasteiger partial charge on any atom is -0.497 e. The van der Waals surface area contributed by atoms with Gasteiger partial charge in [-0.05, 0) is 89.3 Å². The molecule has 0 bridgehead atoms. The van der Waals surface area contributed by atoms with Gasteiger partial charge in [0.1, 0.15) is 17.8 Å². The van der Waals surface area contributed by atoms with Gasteiger partial charge in [0.25, 0.3) is 5.56 Å². The van der Waals surface area contributed by atoms with Crippen LogP contribution in [0.3, 0.4) is 0 Å². The molecule has 8 heteroatoms. The van der Waals surface area contributed by atoms with E-state index in [-0.39, 0.29) is 36.5 Å². The highest BCUT2D eigenvalue weighted by Gasteiger charge is 2.16. The van der Waals surface area contributed by atoms with Crippen LogP contribution in [0.4, 0.5) is 0 Å². The molecular weight excluding hydrogens is 488 g/mol. The predicted octanol–water partition coefficient (Wildman–Crippen LogP) is 4.92. The van der Waals surface area contributed by atoms with Crippen molar-refractivity contribution in [3.8, 4) is 17.0 Å². The summed E-state index contributed by atoms with van der Waals surface area (Å²) in [6.45, 7) is 7.50. The summed E-state index contributed by atoms with van der Waals surface area (Å²) in [6.07, 6.45) is 12.5. The molecule has 0 spiro atoms. The summed E-state index contributed by atoms with van der Waals surface area (Å²) in [5.41, 5.74) is 3.12. The Morgan fingerprint density at radius 2 is 1.84 bits per heavy atom. The number of aromatic nitrogens is 2. The van der Waals surface area contributed by atoms with Crippen LogP contribution in [0.15, 0.2) is 47.5 Å². The fourth-order valence-electron chi connectivity index (χ4n) is 5.11. The number of fused-ring (bicyclic) bond motifs is 1. The first kappa shape index (κ1) is 28.8. The normalized spacial score (nSPS) is 14.1. The number of hydrogen-bond donors (Lipinski definition) is 1. The molecule has 2 aromatic heterocycles. The van der Waals surface area contributed by atoms with E-state index in [1.807, 2.05) is 54.8 Å². The maximum atomic E-state index is 13.6. The Morgan fingerprint density at radius 3 is 2.57 bits per heavy atom. The molecule has 3 heterocycles. The zero-order chi connectivity index (χ0) is 25.5. The number of benzene rings is 1. The molecule has 1 aliphatic heterocycles. The lowest BCUT2D eigenvalue weighted by atomic mass is 10.1. The van der Waals surface area contributed by atoms with Gasteiger partial charge in [-0.1, -0.05) is 25.0 Å². The van der Waals surface area contributed by atoms with Crippen LogP contribution in [0.2, 0.25) is 0 Å². The van der Waals surface area contributed by atoms with Crippen LogP contribution in [0.1, 0.15) is 57.9 Å². The van der Waals surface area contributed by atoms with Crippen LogP contribution in [-0.2, 0) is 17.8 Å². The van der Waals surface area contributed by atoms with Gasteiger partial charge >= 0.3 is 0 Å². The van der Waals surface area contributed by atoms with Crippen LogP contribution in [0, 0.1) is 0 Å². The van der Waals surface area contributed by atoms with E-state index in [0.717, 1.165) is 24.0 Å². The number of piperidine rings is 1. The molecule has 7 nitrogen and oxygen atoms in total. The number of amides is 1. The number of carbonyl (C=O) groups is 1. The minimum absolute atomic E-state index is 0. The largest absolute Gasteiger partial charge is 0.497 e. The smallest absolute Gasteiger partial charge is 0.275 e. The number of nitrogens with one attached hydrogen (secondary N) is 1. The van der Waals surface area contributed by atoms with E-state index in [4.69, 9.17) is 4.74 Å². The number of unbranched alkanes of at least 4 members (excludes halogenated alkanes) is 2. The second-order valence-corrected chi connectivity index (χ2v) is 10.2. The number of nitrogens with zero attached hydrogens (tertiary/aromatic N) is 3. The Morgan fingerprint density at radius 1 is 1.05 bits per heavy atom. The van der Waals surface area contributed by atoms with E-state index in [0.29, 0.717) is 17.0 Å². The Labute approximate surface area is 226 Å². The number of likely N-dealkylation sites (tertiary alicyclic amines) is 1. The van der Waals surface area contributed by atoms with Gasteiger partial charge in [0.15, 0.2) is 0 Å². The highest BCUT2D eigenvalue weighted by Crippen LogP contribution is 2.24. The van der Waals surface area contributed by atoms with Crippen molar-refractivity contribution < 1.29 is 9.53 Å². The summed E-state index contributed by atoms with van der Waals surface area (Å²) in [5, 5.41) is 2.90. The summed E-state index contributed by atoms with van der Waals surface area (Å²) in [5.74, 6) is 0.525. The summed E-state index contributed by atoms with van der Waals surface area (Å²) in [7, 11) is 1.62. The van der Waals surface area contributed by atoms with Gasteiger partial charge in [-0.2, -0.15) is 0 Å². The highest BCUT2D eigenvalue weighted by molar-refractivity contribution is 5.85. The van der Waals surface area contributed by atoms with Crippen LogP contribution < -0.4 is 15.6 Å². The quantitative estimate of drug-likeness (QED) is 0.359. The zero-order valence-corrected chi connectivity index (χ0v) is 23.2. The fourth-order valence-corrected chi connectivity index (χ4v) is 5.11. The van der Waals surface area contributed by atoms with Crippen molar-refractivity contribution in [1.82, 2.24) is 19.2 Å². The monoisotopic (exact) mass is 528 g/mol. The number of aryl methyl sites for hydroxylation is 1. The topological polar surface area (TPSA) is 68.0 Å². The van der Waals surface area contributed by atoms with E-state index in [2.05, 4.69) is 16.4 Å². The molecule has 1 N–H and O–H groups in total. The van der Waals surface area contributed by atoms with Crippen LogP contribution in [0.5, 0.6) is 5.75 Å². The van der Waals surface area contributed by atoms with E-state index < -0.39 is 0 Å². The SMILES string of the molecule is COc1cccc(-c2cn3cc(CCCCCN4CCCCC4)cc3c(=O)n2CC(=O)NC(C)C)c1.Cl. The van der Waals surface area contributed by atoms with Crippen molar-refractivity contribution in [1.29, 1.82) is 0 Å². The first-order valence-electron chi connectivity index (χ1n) is 13.3. The Bertz CT molecular complexity index is 1230. The van der Waals surface area contributed by atoms with Crippen LogP contribution in [0.25, 0.3) is 16.8 Å². The summed E-state index contributed by atoms with van der Waals surface area (Å²) >= 11 is 0. The summed E-state index contributed by atoms with van der Waals surface area (Å²) in [6, 6.07) is 9.59. The molecule has 0 atom stereocenters. The molecule has 1 aromatic carbocycles. The third kappa shape index (κ3) is 7.62. The Kier molecular flexibility index (Phi) is 10.6. The lowest BCUT2D eigenvalue weighted by Gasteiger charge is -2.26. The summed E-state index contributed by atoms with van der Waals surface area (Å²) in [4.78, 5) is 28.8. The molecule has 1 fully saturated rings. The standard InChI is InChI=1S/C29H40N4O3.ClH/c1-22(2)30-28(34)21-33-27(24-12-10-13-25(18-24)36-3)20-32-19-23(17-26(32)29(33)35)11-6-4-7-14-31-15-8-5-9-16-31;/h10,12-13,17-20,22H,4-9,11,14-16,21H2,1-3H3,(H,30,34);1H. The molecular formula is C29H41ClN4O3. The van der Waals surface area contributed by atoms with Crippen LogP contribution >= 0.6 is 12.4 Å². The molecule has 0 aliphatic carbocycles. The van der Waals surface area contributed by atoms with E-state index >= 15 is 0 Å². The number of carbonyl (C=O) groups excluding carboxylic acids is 1. The first-order chi connectivity index (χ1) is 17.4. The highest BCUT2D eigenvalue weighted by atomic mass is 35.5. The molecule has 0 unspecified atom stereocenters. The lowest BCUT2D eigenvalue weighted by molar-refractivity contribution is -0.122. The molecule has 0 radical (unpaired) electrons. The third-order valence-electron chi connectivity index (χ3n) is 6.93. The fraction of sp³-hybridized carbons (Fsp3) is 0.517. The second kappa shape index (κ2) is 13.7. The van der Waals surface area contributed by atoms with Crippen LogP contribution in [-0.4, -0.2) is 52.6 Å². The maximum Gasteiger partial charge on any atom is 0.275 e. The molecule has 3 aromatic rings. The first-order valence-corrected chi connectivity index (χ1v) is 13.3. The number of rotatable bonds is 11. The van der Waals surface area contributed by atoms with Gasteiger partial charge in [-0.15, -0.1) is 12.4 Å². The van der Waals surface area contributed by atoms with Crippen molar-refractivity contribution in [2.24, 2.45) is 0 Å². The number of hydrogen-bond acceptors (Lipinski definition) is 4. The molecule has 0 saturated carbocycles.